The lowest BCUT2D eigenvalue weighted by atomic mass is 10.2. The molecule has 1 fully saturated rings. The van der Waals surface area contributed by atoms with E-state index in [4.69, 9.17) is 4.74 Å². The van der Waals surface area contributed by atoms with Crippen molar-refractivity contribution in [3.8, 4) is 5.88 Å². The maximum atomic E-state index is 12.6. The first kappa shape index (κ1) is 20.2. The third kappa shape index (κ3) is 4.91. The van der Waals surface area contributed by atoms with E-state index in [9.17, 15) is 4.79 Å². The molecule has 0 N–H and O–H groups in total. The van der Waals surface area contributed by atoms with Gasteiger partial charge in [-0.05, 0) is 24.6 Å². The summed E-state index contributed by atoms with van der Waals surface area (Å²) in [5.74, 6) is 1.47. The van der Waals surface area contributed by atoms with Crippen molar-refractivity contribution in [1.29, 1.82) is 0 Å². The molecule has 0 bridgehead atoms. The highest BCUT2D eigenvalue weighted by atomic mass is 16.5. The number of aromatic nitrogens is 5. The Morgan fingerprint density at radius 1 is 1.07 bits per heavy atom. The first-order valence-electron chi connectivity index (χ1n) is 10.4. The van der Waals surface area contributed by atoms with Crippen LogP contribution in [0.1, 0.15) is 24.4 Å². The molecule has 0 atom stereocenters. The monoisotopic (exact) mass is 409 g/mol. The molecule has 4 rings (SSSR count). The highest BCUT2D eigenvalue weighted by Crippen LogP contribution is 2.12. The Kier molecular flexibility index (Phi) is 6.48. The van der Waals surface area contributed by atoms with Crippen LogP contribution in [0.4, 0.5) is 0 Å². The van der Waals surface area contributed by atoms with Crippen LogP contribution < -0.4 is 4.74 Å². The van der Waals surface area contributed by atoms with Gasteiger partial charge in [0.25, 0.3) is 0 Å². The van der Waals surface area contributed by atoms with Gasteiger partial charge in [0.05, 0.1) is 7.11 Å². The molecule has 0 aliphatic carbocycles. The van der Waals surface area contributed by atoms with Crippen molar-refractivity contribution in [3.05, 3.63) is 48.0 Å². The number of fused-ring (bicyclic) bond motifs is 1. The van der Waals surface area contributed by atoms with Gasteiger partial charge in [-0.25, -0.2) is 0 Å². The van der Waals surface area contributed by atoms with Crippen LogP contribution in [0.25, 0.3) is 5.65 Å². The largest absolute Gasteiger partial charge is 0.480 e. The first-order valence-corrected chi connectivity index (χ1v) is 10.4. The zero-order valence-corrected chi connectivity index (χ0v) is 17.3. The number of carbonyl (C=O) groups is 1. The van der Waals surface area contributed by atoms with Gasteiger partial charge < -0.3 is 9.64 Å². The van der Waals surface area contributed by atoms with Crippen molar-refractivity contribution in [2.45, 2.75) is 25.7 Å². The van der Waals surface area contributed by atoms with E-state index >= 15 is 0 Å². The number of piperazine rings is 1. The van der Waals surface area contributed by atoms with E-state index in [1.165, 1.54) is 0 Å². The van der Waals surface area contributed by atoms with Crippen molar-refractivity contribution in [3.63, 3.8) is 0 Å². The van der Waals surface area contributed by atoms with Gasteiger partial charge >= 0.3 is 0 Å². The predicted octanol–water partition coefficient (Wildman–Crippen LogP) is 1.24. The Hall–Kier alpha value is -3.07. The predicted molar refractivity (Wildman–Crippen MR) is 111 cm³/mol. The van der Waals surface area contributed by atoms with Crippen LogP contribution in [-0.2, 0) is 17.6 Å². The minimum absolute atomic E-state index is 0.207. The summed E-state index contributed by atoms with van der Waals surface area (Å²) < 4.78 is 6.85. The fourth-order valence-electron chi connectivity index (χ4n) is 3.68. The Labute approximate surface area is 175 Å². The Morgan fingerprint density at radius 2 is 1.93 bits per heavy atom. The minimum Gasteiger partial charge on any atom is -0.480 e. The molecule has 4 heterocycles. The zero-order chi connectivity index (χ0) is 20.8. The molecule has 1 aliphatic heterocycles. The molecule has 0 unspecified atom stereocenters. The van der Waals surface area contributed by atoms with Crippen LogP contribution in [0.2, 0.25) is 0 Å². The Morgan fingerprint density at radius 3 is 2.70 bits per heavy atom. The zero-order valence-electron chi connectivity index (χ0n) is 17.3. The van der Waals surface area contributed by atoms with Gasteiger partial charge in [-0.15, -0.1) is 15.3 Å². The molecular formula is C21H27N7O2. The fourth-order valence-corrected chi connectivity index (χ4v) is 3.68. The van der Waals surface area contributed by atoms with Crippen LogP contribution >= 0.6 is 0 Å². The van der Waals surface area contributed by atoms with Gasteiger partial charge in [0.15, 0.2) is 11.5 Å². The first-order chi connectivity index (χ1) is 14.7. The summed E-state index contributed by atoms with van der Waals surface area (Å²) >= 11 is 0. The highest BCUT2D eigenvalue weighted by Gasteiger charge is 2.21. The van der Waals surface area contributed by atoms with E-state index in [-0.39, 0.29) is 5.91 Å². The molecular weight excluding hydrogens is 382 g/mol. The quantitative estimate of drug-likeness (QED) is 0.553. The van der Waals surface area contributed by atoms with E-state index < -0.39 is 0 Å². The summed E-state index contributed by atoms with van der Waals surface area (Å²) in [5, 5.41) is 12.7. The lowest BCUT2D eigenvalue weighted by Gasteiger charge is -2.34. The SMILES string of the molecule is COc1ccc2nnc(CCCC(=O)N3CCN(CCc4ccccn4)CC3)n2n1. The van der Waals surface area contributed by atoms with Crippen LogP contribution in [-0.4, -0.2) is 80.3 Å². The smallest absolute Gasteiger partial charge is 0.231 e. The molecule has 1 aliphatic rings. The van der Waals surface area contributed by atoms with E-state index in [1.54, 1.807) is 17.7 Å². The maximum Gasteiger partial charge on any atom is 0.231 e. The van der Waals surface area contributed by atoms with Crippen LogP contribution in [0, 0.1) is 0 Å². The molecule has 0 aromatic carbocycles. The number of hydrogen-bond acceptors (Lipinski definition) is 7. The molecule has 1 amide bonds. The average molecular weight is 409 g/mol. The van der Waals surface area contributed by atoms with Crippen molar-refractivity contribution < 1.29 is 9.53 Å². The lowest BCUT2D eigenvalue weighted by molar-refractivity contribution is -0.133. The van der Waals surface area contributed by atoms with Gasteiger partial charge in [0.1, 0.15) is 0 Å². The number of rotatable bonds is 8. The second-order valence-electron chi connectivity index (χ2n) is 7.41. The molecule has 0 radical (unpaired) electrons. The topological polar surface area (TPSA) is 88.8 Å². The molecule has 9 nitrogen and oxygen atoms in total. The van der Waals surface area contributed by atoms with Gasteiger partial charge in [0, 0.05) is 69.9 Å². The van der Waals surface area contributed by atoms with Gasteiger partial charge in [-0.2, -0.15) is 4.52 Å². The van der Waals surface area contributed by atoms with Crippen molar-refractivity contribution in [1.82, 2.24) is 34.6 Å². The average Bonchev–Trinajstić information content (AvgIpc) is 3.20. The summed E-state index contributed by atoms with van der Waals surface area (Å²) in [5.41, 5.74) is 1.79. The van der Waals surface area contributed by atoms with E-state index in [1.807, 2.05) is 29.3 Å². The number of methoxy groups -OCH3 is 1. The normalized spacial score (nSPS) is 14.9. The second-order valence-corrected chi connectivity index (χ2v) is 7.41. The van der Waals surface area contributed by atoms with Crippen molar-refractivity contribution in [2.24, 2.45) is 0 Å². The number of carbonyl (C=O) groups excluding carboxylic acids is 1. The van der Waals surface area contributed by atoms with E-state index in [0.717, 1.165) is 57.1 Å². The molecule has 158 valence electrons. The van der Waals surface area contributed by atoms with Gasteiger partial charge in [0.2, 0.25) is 11.8 Å². The number of amides is 1. The maximum absolute atomic E-state index is 12.6. The fraction of sp³-hybridized carbons (Fsp3) is 0.476. The summed E-state index contributed by atoms with van der Waals surface area (Å²) in [4.78, 5) is 21.3. The summed E-state index contributed by atoms with van der Waals surface area (Å²) in [6.07, 6.45) is 4.66. The van der Waals surface area contributed by atoms with Crippen molar-refractivity contribution in [2.75, 3.05) is 39.8 Å². The number of nitrogens with zero attached hydrogens (tertiary/aromatic N) is 7. The molecule has 0 spiro atoms. The molecule has 0 saturated carbocycles. The summed E-state index contributed by atoms with van der Waals surface area (Å²) in [6.45, 7) is 4.38. The van der Waals surface area contributed by atoms with Crippen molar-refractivity contribution >= 4 is 11.6 Å². The van der Waals surface area contributed by atoms with Gasteiger partial charge in [-0.1, -0.05) is 6.07 Å². The number of ether oxygens (including phenoxy) is 1. The summed E-state index contributed by atoms with van der Waals surface area (Å²) in [7, 11) is 1.58. The Bertz CT molecular complexity index is 968. The second kappa shape index (κ2) is 9.62. The molecule has 9 heteroatoms. The standard InChI is InChI=1S/C21H27N7O2/c1-30-20-9-8-19-24-23-18(28(19)25-20)6-4-7-21(29)27-15-13-26(14-16-27)12-10-17-5-2-3-11-22-17/h2-3,5,8-9,11H,4,6-7,10,12-16H2,1H3. The Balaban J connectivity index is 1.20. The lowest BCUT2D eigenvalue weighted by Crippen LogP contribution is -2.49. The van der Waals surface area contributed by atoms with Crippen LogP contribution in [0.3, 0.4) is 0 Å². The number of aryl methyl sites for hydroxylation is 1. The summed E-state index contributed by atoms with van der Waals surface area (Å²) in [6, 6.07) is 9.60. The third-order valence-corrected chi connectivity index (χ3v) is 5.44. The molecule has 30 heavy (non-hydrogen) atoms. The van der Waals surface area contributed by atoms with Crippen LogP contribution in [0.5, 0.6) is 5.88 Å². The van der Waals surface area contributed by atoms with E-state index in [0.29, 0.717) is 24.4 Å². The molecule has 3 aromatic heterocycles. The van der Waals surface area contributed by atoms with Gasteiger partial charge in [-0.3, -0.25) is 14.7 Å². The molecule has 3 aromatic rings. The third-order valence-electron chi connectivity index (χ3n) is 5.44. The minimum atomic E-state index is 0.207. The van der Waals surface area contributed by atoms with E-state index in [2.05, 4.69) is 31.2 Å². The molecule has 1 saturated heterocycles. The number of pyridine rings is 1. The number of hydrogen-bond donors (Lipinski definition) is 0. The highest BCUT2D eigenvalue weighted by molar-refractivity contribution is 5.76. The van der Waals surface area contributed by atoms with Crippen LogP contribution in [0.15, 0.2) is 36.5 Å².